The fraction of sp³-hybridized carbons (Fsp3) is 0.304. The lowest BCUT2D eigenvalue weighted by atomic mass is 10.0. The van der Waals surface area contributed by atoms with Crippen LogP contribution < -0.4 is 5.56 Å². The smallest absolute Gasteiger partial charge is 0.261 e. The van der Waals surface area contributed by atoms with Crippen LogP contribution in [-0.4, -0.2) is 24.6 Å². The molecular formula is C23H24N4O2S. The van der Waals surface area contributed by atoms with E-state index in [9.17, 15) is 9.35 Å². The molecule has 154 valence electrons. The zero-order chi connectivity index (χ0) is 22.2. The second-order valence-corrected chi connectivity index (χ2v) is 10.1. The first-order chi connectivity index (χ1) is 14.0. The van der Waals surface area contributed by atoms with E-state index in [1.165, 1.54) is 4.57 Å². The maximum absolute atomic E-state index is 13.1. The fourth-order valence-electron chi connectivity index (χ4n) is 3.06. The van der Waals surface area contributed by atoms with Crippen LogP contribution in [0.15, 0.2) is 45.6 Å². The van der Waals surface area contributed by atoms with Crippen LogP contribution in [0.3, 0.4) is 0 Å². The molecule has 0 saturated heterocycles. The molecule has 0 fully saturated rings. The van der Waals surface area contributed by atoms with Gasteiger partial charge in [0.15, 0.2) is 0 Å². The summed E-state index contributed by atoms with van der Waals surface area (Å²) in [7, 11) is 1.68. The molecule has 0 bridgehead atoms. The number of rotatable bonds is 3. The molecule has 0 spiro atoms. The first-order valence-electron chi connectivity index (χ1n) is 9.52. The van der Waals surface area contributed by atoms with Gasteiger partial charge in [-0.3, -0.25) is 9.36 Å². The molecule has 0 aliphatic rings. The standard InChI is InChI=1S/C23H24N4O2S/c1-14-11-18(15(2)26-30(29)23(3,4)5)20-19(12-14)22(28)27(6)21(25-20)17-9-7-16(13-24)8-10-17/h7-12H,1-6H3/b26-15-/t30-/m1/s1. The minimum Gasteiger partial charge on any atom is -0.591 e. The van der Waals surface area contributed by atoms with Crippen LogP contribution in [0.1, 0.15) is 44.4 Å². The summed E-state index contributed by atoms with van der Waals surface area (Å²) in [6.07, 6.45) is 0. The Bertz CT molecular complexity index is 1250. The average Bonchev–Trinajstić information content (AvgIpc) is 2.69. The maximum atomic E-state index is 13.1. The second-order valence-electron chi connectivity index (χ2n) is 8.24. The van der Waals surface area contributed by atoms with E-state index in [4.69, 9.17) is 10.2 Å². The van der Waals surface area contributed by atoms with Gasteiger partial charge in [-0.05, 0) is 76.6 Å². The van der Waals surface area contributed by atoms with Crippen molar-refractivity contribution in [2.45, 2.75) is 39.4 Å². The van der Waals surface area contributed by atoms with Crippen LogP contribution in [0.25, 0.3) is 22.3 Å². The lowest BCUT2D eigenvalue weighted by molar-refractivity contribution is 0.561. The van der Waals surface area contributed by atoms with Crippen molar-refractivity contribution in [3.05, 3.63) is 63.4 Å². The topological polar surface area (TPSA) is 94.1 Å². The van der Waals surface area contributed by atoms with Gasteiger partial charge in [0, 0.05) is 18.2 Å². The van der Waals surface area contributed by atoms with E-state index in [0.717, 1.165) is 11.1 Å². The van der Waals surface area contributed by atoms with Gasteiger partial charge in [0.05, 0.1) is 28.2 Å². The van der Waals surface area contributed by atoms with Crippen LogP contribution >= 0.6 is 0 Å². The van der Waals surface area contributed by atoms with Crippen molar-refractivity contribution in [2.75, 3.05) is 0 Å². The summed E-state index contributed by atoms with van der Waals surface area (Å²) >= 11 is -1.43. The molecule has 0 unspecified atom stereocenters. The molecule has 3 aromatic rings. The van der Waals surface area contributed by atoms with Crippen molar-refractivity contribution in [1.82, 2.24) is 9.55 Å². The van der Waals surface area contributed by atoms with Crippen LogP contribution in [0.5, 0.6) is 0 Å². The largest absolute Gasteiger partial charge is 0.591 e. The Kier molecular flexibility index (Phi) is 5.84. The van der Waals surface area contributed by atoms with Gasteiger partial charge < -0.3 is 4.55 Å². The van der Waals surface area contributed by atoms with Gasteiger partial charge >= 0.3 is 0 Å². The predicted octanol–water partition coefficient (Wildman–Crippen LogP) is 4.05. The molecule has 6 nitrogen and oxygen atoms in total. The SMILES string of the molecule is C/C(=N/[S@+]([O-])C(C)(C)C)c1cc(C)cc2c(=O)n(C)c(-c3ccc(C#N)cc3)nc12. The van der Waals surface area contributed by atoms with Crippen molar-refractivity contribution < 1.29 is 4.55 Å². The molecule has 30 heavy (non-hydrogen) atoms. The van der Waals surface area contributed by atoms with Crippen molar-refractivity contribution in [2.24, 2.45) is 11.4 Å². The van der Waals surface area contributed by atoms with Gasteiger partial charge in [0.2, 0.25) is 0 Å². The van der Waals surface area contributed by atoms with Gasteiger partial charge in [-0.25, -0.2) is 4.98 Å². The van der Waals surface area contributed by atoms with E-state index in [0.29, 0.717) is 33.6 Å². The molecule has 0 amide bonds. The number of nitriles is 1. The molecule has 0 radical (unpaired) electrons. The van der Waals surface area contributed by atoms with Crippen molar-refractivity contribution in [1.29, 1.82) is 5.26 Å². The third-order valence-electron chi connectivity index (χ3n) is 4.73. The molecule has 0 aliphatic heterocycles. The number of hydrogen-bond acceptors (Lipinski definition) is 5. The normalized spacial score (nSPS) is 13.3. The number of fused-ring (bicyclic) bond motifs is 1. The lowest BCUT2D eigenvalue weighted by Crippen LogP contribution is -2.27. The number of aryl methyl sites for hydroxylation is 1. The minimum absolute atomic E-state index is 0.172. The highest BCUT2D eigenvalue weighted by molar-refractivity contribution is 7.91. The molecule has 0 saturated carbocycles. The molecule has 0 aliphatic carbocycles. The van der Waals surface area contributed by atoms with E-state index in [-0.39, 0.29) is 5.56 Å². The maximum Gasteiger partial charge on any atom is 0.261 e. The van der Waals surface area contributed by atoms with E-state index < -0.39 is 16.1 Å². The Morgan fingerprint density at radius 3 is 2.43 bits per heavy atom. The highest BCUT2D eigenvalue weighted by atomic mass is 32.2. The Labute approximate surface area is 179 Å². The fourth-order valence-corrected chi connectivity index (χ4v) is 3.68. The van der Waals surface area contributed by atoms with Gasteiger partial charge in [0.25, 0.3) is 5.56 Å². The summed E-state index contributed by atoms with van der Waals surface area (Å²) in [4.78, 5) is 17.9. The van der Waals surface area contributed by atoms with E-state index in [1.54, 1.807) is 38.2 Å². The molecule has 2 aromatic carbocycles. The average molecular weight is 421 g/mol. The molecule has 1 atom stereocenters. The monoisotopic (exact) mass is 420 g/mol. The molecule has 3 rings (SSSR count). The van der Waals surface area contributed by atoms with Crippen molar-refractivity contribution >= 4 is 28.0 Å². The van der Waals surface area contributed by atoms with Crippen LogP contribution in [-0.2, 0) is 18.4 Å². The molecule has 1 aromatic heterocycles. The first-order valence-corrected chi connectivity index (χ1v) is 10.6. The molecule has 7 heteroatoms. The van der Waals surface area contributed by atoms with E-state index in [1.807, 2.05) is 39.8 Å². The van der Waals surface area contributed by atoms with Gasteiger partial charge in [0.1, 0.15) is 21.9 Å². The van der Waals surface area contributed by atoms with Crippen molar-refractivity contribution in [3.63, 3.8) is 0 Å². The van der Waals surface area contributed by atoms with Crippen LogP contribution in [0, 0.1) is 18.3 Å². The molecule has 0 N–H and O–H groups in total. The number of benzene rings is 2. The van der Waals surface area contributed by atoms with Crippen LogP contribution in [0.4, 0.5) is 0 Å². The highest BCUT2D eigenvalue weighted by Gasteiger charge is 2.27. The zero-order valence-electron chi connectivity index (χ0n) is 18.0. The first kappa shape index (κ1) is 21.8. The third-order valence-corrected chi connectivity index (χ3v) is 6.22. The molecular weight excluding hydrogens is 396 g/mol. The number of nitrogens with zero attached hydrogens (tertiary/aromatic N) is 4. The summed E-state index contributed by atoms with van der Waals surface area (Å²) in [5, 5.41) is 9.52. The quantitative estimate of drug-likeness (QED) is 0.472. The van der Waals surface area contributed by atoms with Gasteiger partial charge in [-0.1, -0.05) is 4.40 Å². The number of hydrogen-bond donors (Lipinski definition) is 0. The predicted molar refractivity (Wildman–Crippen MR) is 122 cm³/mol. The van der Waals surface area contributed by atoms with E-state index >= 15 is 0 Å². The Morgan fingerprint density at radius 1 is 1.23 bits per heavy atom. The van der Waals surface area contributed by atoms with Gasteiger partial charge in [-0.15, -0.1) is 0 Å². The van der Waals surface area contributed by atoms with Crippen molar-refractivity contribution in [3.8, 4) is 17.5 Å². The number of aromatic nitrogens is 2. The summed E-state index contributed by atoms with van der Waals surface area (Å²) in [5.74, 6) is 0.492. The Balaban J connectivity index is 2.29. The zero-order valence-corrected chi connectivity index (χ0v) is 18.8. The van der Waals surface area contributed by atoms with Gasteiger partial charge in [-0.2, -0.15) is 5.26 Å². The minimum atomic E-state index is -1.43. The summed E-state index contributed by atoms with van der Waals surface area (Å²) in [6, 6.07) is 12.7. The summed E-state index contributed by atoms with van der Waals surface area (Å²) in [6.45, 7) is 9.30. The summed E-state index contributed by atoms with van der Waals surface area (Å²) < 4.78 is 18.0. The highest BCUT2D eigenvalue weighted by Crippen LogP contribution is 2.24. The van der Waals surface area contributed by atoms with Crippen LogP contribution in [0.2, 0.25) is 0 Å². The van der Waals surface area contributed by atoms with E-state index in [2.05, 4.69) is 10.5 Å². The third kappa shape index (κ3) is 4.16. The lowest BCUT2D eigenvalue weighted by Gasteiger charge is -2.19. The second kappa shape index (κ2) is 8.05. The Hall–Kier alpha value is -2.95. The molecule has 1 heterocycles. The Morgan fingerprint density at radius 2 is 1.87 bits per heavy atom. The summed E-state index contributed by atoms with van der Waals surface area (Å²) in [5.41, 5.74) is 3.78.